The molecular formula is C20H21NO5S. The molecule has 2 aromatic carbocycles. The highest BCUT2D eigenvalue weighted by Gasteiger charge is 2.33. The molecule has 1 saturated heterocycles. The minimum atomic E-state index is -0.0620. The summed E-state index contributed by atoms with van der Waals surface area (Å²) in [7, 11) is 1.62. The molecule has 0 bridgehead atoms. The Labute approximate surface area is 162 Å². The highest BCUT2D eigenvalue weighted by atomic mass is 32.2. The van der Waals surface area contributed by atoms with Gasteiger partial charge in [-0.1, -0.05) is 12.1 Å². The topological polar surface area (TPSA) is 57.2 Å². The van der Waals surface area contributed by atoms with Crippen LogP contribution in [0.5, 0.6) is 23.0 Å². The van der Waals surface area contributed by atoms with E-state index < -0.39 is 0 Å². The number of hydrogen-bond acceptors (Lipinski definition) is 6. The summed E-state index contributed by atoms with van der Waals surface area (Å²) in [5, 5.41) is -0.0620. The van der Waals surface area contributed by atoms with Gasteiger partial charge in [0.25, 0.3) is 0 Å². The van der Waals surface area contributed by atoms with Crippen LogP contribution in [0.3, 0.4) is 0 Å². The van der Waals surface area contributed by atoms with Crippen molar-refractivity contribution in [3.63, 3.8) is 0 Å². The van der Waals surface area contributed by atoms with Gasteiger partial charge in [0, 0.05) is 6.54 Å². The molecule has 2 heterocycles. The zero-order valence-corrected chi connectivity index (χ0v) is 16.1. The summed E-state index contributed by atoms with van der Waals surface area (Å²) < 4.78 is 21.9. The van der Waals surface area contributed by atoms with E-state index in [2.05, 4.69) is 0 Å². The van der Waals surface area contributed by atoms with Crippen LogP contribution < -0.4 is 18.9 Å². The summed E-state index contributed by atoms with van der Waals surface area (Å²) in [6, 6.07) is 11.6. The van der Waals surface area contributed by atoms with Crippen molar-refractivity contribution in [1.82, 2.24) is 4.90 Å². The normalized spacial score (nSPS) is 18.1. The van der Waals surface area contributed by atoms with Crippen molar-refractivity contribution in [2.75, 3.05) is 26.3 Å². The lowest BCUT2D eigenvalue weighted by molar-refractivity contribution is -0.128. The quantitative estimate of drug-likeness (QED) is 0.755. The zero-order valence-electron chi connectivity index (χ0n) is 15.3. The van der Waals surface area contributed by atoms with Crippen molar-refractivity contribution in [2.24, 2.45) is 0 Å². The molecule has 7 heteroatoms. The number of ether oxygens (including phenoxy) is 4. The second-order valence-electron chi connectivity index (χ2n) is 6.22. The Morgan fingerprint density at radius 2 is 2.00 bits per heavy atom. The second kappa shape index (κ2) is 7.60. The maximum Gasteiger partial charge on any atom is 0.234 e. The van der Waals surface area contributed by atoms with Crippen LogP contribution in [0.4, 0.5) is 0 Å². The van der Waals surface area contributed by atoms with E-state index in [9.17, 15) is 4.79 Å². The van der Waals surface area contributed by atoms with Gasteiger partial charge in [0.05, 0.1) is 19.5 Å². The largest absolute Gasteiger partial charge is 0.493 e. The first-order valence-corrected chi connectivity index (χ1v) is 9.85. The predicted octanol–water partition coefficient (Wildman–Crippen LogP) is 3.60. The molecule has 0 saturated carbocycles. The van der Waals surface area contributed by atoms with Gasteiger partial charge < -0.3 is 23.8 Å². The molecule has 6 nitrogen and oxygen atoms in total. The molecule has 4 rings (SSSR count). The Morgan fingerprint density at radius 1 is 1.15 bits per heavy atom. The number of amides is 1. The Bertz CT molecular complexity index is 856. The predicted molar refractivity (Wildman–Crippen MR) is 102 cm³/mol. The SMILES string of the molecule is CCOc1cc(C2SCC(=O)N2Cc2ccc3c(c2)OCO3)ccc1OC. The summed E-state index contributed by atoms with van der Waals surface area (Å²) in [6.45, 7) is 3.25. The number of carbonyl (C=O) groups excluding carboxylic acids is 1. The molecule has 1 amide bonds. The molecule has 2 aromatic rings. The molecule has 142 valence electrons. The number of nitrogens with zero attached hydrogens (tertiary/aromatic N) is 1. The fourth-order valence-corrected chi connectivity index (χ4v) is 4.43. The summed E-state index contributed by atoms with van der Waals surface area (Å²) >= 11 is 1.62. The first-order chi connectivity index (χ1) is 13.2. The zero-order chi connectivity index (χ0) is 18.8. The van der Waals surface area contributed by atoms with Crippen LogP contribution in [-0.4, -0.2) is 37.1 Å². The molecule has 1 atom stereocenters. The van der Waals surface area contributed by atoms with Crippen molar-refractivity contribution in [3.8, 4) is 23.0 Å². The average Bonchev–Trinajstić information content (AvgIpc) is 3.29. The standard InChI is InChI=1S/C20H21NO5S/c1-3-24-18-9-14(5-7-15(18)23-2)20-21(19(22)11-27-20)10-13-4-6-16-17(8-13)26-12-25-16/h4-9,20H,3,10-12H2,1-2H3. The van der Waals surface area contributed by atoms with Gasteiger partial charge in [-0.3, -0.25) is 4.79 Å². The molecule has 1 unspecified atom stereocenters. The van der Waals surface area contributed by atoms with Gasteiger partial charge in [0.1, 0.15) is 5.37 Å². The number of benzene rings is 2. The summed E-state index contributed by atoms with van der Waals surface area (Å²) in [4.78, 5) is 14.4. The number of fused-ring (bicyclic) bond motifs is 1. The molecule has 0 radical (unpaired) electrons. The maximum atomic E-state index is 12.5. The highest BCUT2D eigenvalue weighted by molar-refractivity contribution is 8.00. The van der Waals surface area contributed by atoms with Gasteiger partial charge in [-0.15, -0.1) is 11.8 Å². The molecule has 0 N–H and O–H groups in total. The van der Waals surface area contributed by atoms with Crippen LogP contribution in [0.2, 0.25) is 0 Å². The van der Waals surface area contributed by atoms with E-state index in [-0.39, 0.29) is 18.1 Å². The summed E-state index contributed by atoms with van der Waals surface area (Å²) in [5.74, 6) is 3.44. The second-order valence-corrected chi connectivity index (χ2v) is 7.28. The molecule has 1 fully saturated rings. The Balaban J connectivity index is 1.59. The number of carbonyl (C=O) groups is 1. The van der Waals surface area contributed by atoms with Crippen LogP contribution >= 0.6 is 11.8 Å². The summed E-state index contributed by atoms with van der Waals surface area (Å²) in [6.07, 6.45) is 0. The van der Waals surface area contributed by atoms with Crippen molar-refractivity contribution in [1.29, 1.82) is 0 Å². The van der Waals surface area contributed by atoms with Gasteiger partial charge in [-0.05, 0) is 42.3 Å². The van der Waals surface area contributed by atoms with E-state index in [1.165, 1.54) is 0 Å². The Hall–Kier alpha value is -2.54. The van der Waals surface area contributed by atoms with E-state index in [0.717, 1.165) is 22.6 Å². The number of hydrogen-bond donors (Lipinski definition) is 0. The first-order valence-electron chi connectivity index (χ1n) is 8.80. The third kappa shape index (κ3) is 3.51. The van der Waals surface area contributed by atoms with Crippen molar-refractivity contribution < 1.29 is 23.7 Å². The lowest BCUT2D eigenvalue weighted by Gasteiger charge is -2.25. The van der Waals surface area contributed by atoms with Gasteiger partial charge >= 0.3 is 0 Å². The van der Waals surface area contributed by atoms with Crippen LogP contribution in [0.15, 0.2) is 36.4 Å². The molecular weight excluding hydrogens is 366 g/mol. The lowest BCUT2D eigenvalue weighted by Crippen LogP contribution is -2.27. The highest BCUT2D eigenvalue weighted by Crippen LogP contribution is 2.43. The molecule has 2 aliphatic heterocycles. The lowest BCUT2D eigenvalue weighted by atomic mass is 10.1. The number of methoxy groups -OCH3 is 1. The van der Waals surface area contributed by atoms with Crippen LogP contribution in [0, 0.1) is 0 Å². The van der Waals surface area contributed by atoms with E-state index in [1.807, 2.05) is 48.2 Å². The monoisotopic (exact) mass is 387 g/mol. The minimum Gasteiger partial charge on any atom is -0.493 e. The van der Waals surface area contributed by atoms with Crippen molar-refractivity contribution >= 4 is 17.7 Å². The van der Waals surface area contributed by atoms with Crippen molar-refractivity contribution in [3.05, 3.63) is 47.5 Å². The summed E-state index contributed by atoms with van der Waals surface area (Å²) in [5.41, 5.74) is 2.04. The van der Waals surface area contributed by atoms with E-state index in [0.29, 0.717) is 30.4 Å². The van der Waals surface area contributed by atoms with Gasteiger partial charge in [-0.25, -0.2) is 0 Å². The van der Waals surface area contributed by atoms with Gasteiger partial charge in [-0.2, -0.15) is 0 Å². The molecule has 0 aliphatic carbocycles. The van der Waals surface area contributed by atoms with Crippen molar-refractivity contribution in [2.45, 2.75) is 18.8 Å². The first kappa shape index (κ1) is 17.9. The third-order valence-electron chi connectivity index (χ3n) is 4.53. The Morgan fingerprint density at radius 3 is 2.81 bits per heavy atom. The van der Waals surface area contributed by atoms with Gasteiger partial charge in [0.15, 0.2) is 23.0 Å². The fourth-order valence-electron chi connectivity index (χ4n) is 3.25. The third-order valence-corrected chi connectivity index (χ3v) is 5.79. The molecule has 27 heavy (non-hydrogen) atoms. The average molecular weight is 387 g/mol. The smallest absolute Gasteiger partial charge is 0.234 e. The minimum absolute atomic E-state index is 0.0620. The Kier molecular flexibility index (Phi) is 5.03. The van der Waals surface area contributed by atoms with E-state index in [1.54, 1.807) is 18.9 Å². The number of rotatable bonds is 6. The van der Waals surface area contributed by atoms with E-state index >= 15 is 0 Å². The molecule has 0 aromatic heterocycles. The van der Waals surface area contributed by atoms with Gasteiger partial charge in [0.2, 0.25) is 12.7 Å². The van der Waals surface area contributed by atoms with Crippen LogP contribution in [0.1, 0.15) is 23.4 Å². The van der Waals surface area contributed by atoms with Crippen LogP contribution in [0.25, 0.3) is 0 Å². The molecule has 0 spiro atoms. The molecule has 2 aliphatic rings. The number of thioether (sulfide) groups is 1. The fraction of sp³-hybridized carbons (Fsp3) is 0.350. The van der Waals surface area contributed by atoms with E-state index in [4.69, 9.17) is 18.9 Å². The maximum absolute atomic E-state index is 12.5. The van der Waals surface area contributed by atoms with Crippen LogP contribution in [-0.2, 0) is 11.3 Å².